The Kier molecular flexibility index (Phi) is 5.13. The van der Waals surface area contributed by atoms with Gasteiger partial charge in [0.15, 0.2) is 0 Å². The Bertz CT molecular complexity index is 353. The second-order valence-corrected chi connectivity index (χ2v) is 5.47. The molecule has 0 spiro atoms. The lowest BCUT2D eigenvalue weighted by Gasteiger charge is -2.09. The average molecular weight is 252 g/mol. The highest BCUT2D eigenvalue weighted by molar-refractivity contribution is 4.91. The van der Waals surface area contributed by atoms with E-state index < -0.39 is 0 Å². The van der Waals surface area contributed by atoms with Crippen molar-refractivity contribution in [2.24, 2.45) is 11.8 Å². The number of rotatable bonds is 7. The van der Waals surface area contributed by atoms with Crippen molar-refractivity contribution < 1.29 is 5.11 Å². The van der Waals surface area contributed by atoms with Crippen LogP contribution >= 0.6 is 0 Å². The average Bonchev–Trinajstić information content (AvgIpc) is 2.96. The van der Waals surface area contributed by atoms with Crippen LogP contribution in [0.3, 0.4) is 0 Å². The van der Waals surface area contributed by atoms with Crippen molar-refractivity contribution in [2.45, 2.75) is 45.7 Å². The number of hydrogen-bond donors (Lipinski definition) is 2. The Morgan fingerprint density at radius 1 is 1.50 bits per heavy atom. The van der Waals surface area contributed by atoms with E-state index in [9.17, 15) is 0 Å². The topological polar surface area (TPSA) is 63.0 Å². The number of aromatic nitrogens is 3. The maximum absolute atomic E-state index is 8.74. The molecule has 1 aliphatic carbocycles. The van der Waals surface area contributed by atoms with Gasteiger partial charge >= 0.3 is 0 Å². The minimum absolute atomic E-state index is 0.202. The van der Waals surface area contributed by atoms with E-state index in [0.717, 1.165) is 43.6 Å². The summed E-state index contributed by atoms with van der Waals surface area (Å²) in [7, 11) is 0. The van der Waals surface area contributed by atoms with Crippen LogP contribution in [0.5, 0.6) is 0 Å². The molecule has 2 unspecified atom stereocenters. The Balaban J connectivity index is 1.65. The zero-order chi connectivity index (χ0) is 12.8. The molecule has 0 amide bonds. The maximum atomic E-state index is 8.74. The summed E-state index contributed by atoms with van der Waals surface area (Å²) in [6.45, 7) is 5.17. The standard InChI is InChI=1S/C13H24N4O/c1-11-3-4-12(7-11)8-14-9-13-10-17(16-15-13)5-2-6-18/h10-12,14,18H,2-9H2,1H3. The first-order chi connectivity index (χ1) is 8.78. The van der Waals surface area contributed by atoms with Crippen LogP contribution in [-0.4, -0.2) is 33.3 Å². The van der Waals surface area contributed by atoms with Crippen molar-refractivity contribution in [1.82, 2.24) is 20.3 Å². The molecule has 1 aromatic rings. The summed E-state index contributed by atoms with van der Waals surface area (Å²) in [5.74, 6) is 1.74. The first kappa shape index (κ1) is 13.5. The van der Waals surface area contributed by atoms with E-state index in [1.165, 1.54) is 19.3 Å². The first-order valence-corrected chi connectivity index (χ1v) is 6.98. The Morgan fingerprint density at radius 2 is 2.39 bits per heavy atom. The van der Waals surface area contributed by atoms with Gasteiger partial charge in [-0.05, 0) is 37.6 Å². The Morgan fingerprint density at radius 3 is 3.11 bits per heavy atom. The van der Waals surface area contributed by atoms with E-state index in [2.05, 4.69) is 22.6 Å². The summed E-state index contributed by atoms with van der Waals surface area (Å²) in [5.41, 5.74) is 0.985. The van der Waals surface area contributed by atoms with Gasteiger partial charge in [-0.15, -0.1) is 5.10 Å². The van der Waals surface area contributed by atoms with E-state index >= 15 is 0 Å². The predicted molar refractivity (Wildman–Crippen MR) is 69.9 cm³/mol. The third kappa shape index (κ3) is 4.07. The smallest absolute Gasteiger partial charge is 0.0964 e. The van der Waals surface area contributed by atoms with Crippen LogP contribution in [-0.2, 0) is 13.1 Å². The molecule has 18 heavy (non-hydrogen) atoms. The Hall–Kier alpha value is -0.940. The van der Waals surface area contributed by atoms with Gasteiger partial charge in [0.2, 0.25) is 0 Å². The molecule has 2 atom stereocenters. The Labute approximate surface area is 109 Å². The van der Waals surface area contributed by atoms with Gasteiger partial charge in [0, 0.05) is 25.9 Å². The molecule has 0 saturated heterocycles. The van der Waals surface area contributed by atoms with Crippen molar-refractivity contribution >= 4 is 0 Å². The second-order valence-electron chi connectivity index (χ2n) is 5.47. The van der Waals surface area contributed by atoms with Gasteiger partial charge in [-0.2, -0.15) is 0 Å². The van der Waals surface area contributed by atoms with Gasteiger partial charge in [0.25, 0.3) is 0 Å². The summed E-state index contributed by atoms with van der Waals surface area (Å²) in [5, 5.41) is 20.4. The van der Waals surface area contributed by atoms with Crippen LogP contribution in [0.2, 0.25) is 0 Å². The molecule has 2 N–H and O–H groups in total. The van der Waals surface area contributed by atoms with Crippen LogP contribution in [0.1, 0.15) is 38.3 Å². The van der Waals surface area contributed by atoms with Crippen LogP contribution in [0.15, 0.2) is 6.20 Å². The summed E-state index contributed by atoms with van der Waals surface area (Å²) in [4.78, 5) is 0. The molecule has 1 saturated carbocycles. The SMILES string of the molecule is CC1CCC(CNCc2cn(CCCO)nn2)C1. The lowest BCUT2D eigenvalue weighted by atomic mass is 10.1. The molecule has 0 bridgehead atoms. The molecular weight excluding hydrogens is 228 g/mol. The van der Waals surface area contributed by atoms with Crippen molar-refractivity contribution in [2.75, 3.05) is 13.2 Å². The highest BCUT2D eigenvalue weighted by Crippen LogP contribution is 2.29. The van der Waals surface area contributed by atoms with Crippen molar-refractivity contribution in [3.8, 4) is 0 Å². The number of hydrogen-bond acceptors (Lipinski definition) is 4. The lowest BCUT2D eigenvalue weighted by Crippen LogP contribution is -2.21. The molecule has 0 aliphatic heterocycles. The number of nitrogens with one attached hydrogen (secondary N) is 1. The van der Waals surface area contributed by atoms with Crippen LogP contribution in [0.4, 0.5) is 0 Å². The van der Waals surface area contributed by atoms with Gasteiger partial charge in [0.05, 0.1) is 5.69 Å². The molecular formula is C13H24N4O. The fourth-order valence-electron chi connectivity index (χ4n) is 2.68. The first-order valence-electron chi connectivity index (χ1n) is 6.98. The molecule has 5 heteroatoms. The van der Waals surface area contributed by atoms with E-state index in [-0.39, 0.29) is 6.61 Å². The maximum Gasteiger partial charge on any atom is 0.0964 e. The fourth-order valence-corrected chi connectivity index (χ4v) is 2.68. The highest BCUT2D eigenvalue weighted by atomic mass is 16.3. The minimum Gasteiger partial charge on any atom is -0.396 e. The molecule has 1 heterocycles. The predicted octanol–water partition coefficient (Wildman–Crippen LogP) is 1.19. The summed E-state index contributed by atoms with van der Waals surface area (Å²) in [6.07, 6.45) is 6.79. The molecule has 102 valence electrons. The molecule has 2 rings (SSSR count). The van der Waals surface area contributed by atoms with Gasteiger partial charge in [-0.1, -0.05) is 18.6 Å². The normalized spacial score (nSPS) is 23.7. The van der Waals surface area contributed by atoms with Crippen molar-refractivity contribution in [3.05, 3.63) is 11.9 Å². The molecule has 1 aromatic heterocycles. The number of aliphatic hydroxyl groups is 1. The zero-order valence-corrected chi connectivity index (χ0v) is 11.2. The third-order valence-electron chi connectivity index (χ3n) is 3.67. The molecule has 1 aliphatic rings. The zero-order valence-electron chi connectivity index (χ0n) is 11.2. The number of aryl methyl sites for hydroxylation is 1. The quantitative estimate of drug-likeness (QED) is 0.765. The van der Waals surface area contributed by atoms with E-state index in [1.54, 1.807) is 4.68 Å². The minimum atomic E-state index is 0.202. The largest absolute Gasteiger partial charge is 0.396 e. The van der Waals surface area contributed by atoms with E-state index in [0.29, 0.717) is 0 Å². The molecule has 5 nitrogen and oxygen atoms in total. The number of aliphatic hydroxyl groups excluding tert-OH is 1. The van der Waals surface area contributed by atoms with Gasteiger partial charge < -0.3 is 10.4 Å². The second kappa shape index (κ2) is 6.85. The van der Waals surface area contributed by atoms with Gasteiger partial charge in [0.1, 0.15) is 0 Å². The van der Waals surface area contributed by atoms with E-state index in [1.807, 2.05) is 6.20 Å². The van der Waals surface area contributed by atoms with Crippen LogP contribution in [0.25, 0.3) is 0 Å². The van der Waals surface area contributed by atoms with Gasteiger partial charge in [-0.3, -0.25) is 4.68 Å². The summed E-state index contributed by atoms with van der Waals surface area (Å²) >= 11 is 0. The van der Waals surface area contributed by atoms with Crippen molar-refractivity contribution in [3.63, 3.8) is 0 Å². The molecule has 1 fully saturated rings. The number of nitrogens with zero attached hydrogens (tertiary/aromatic N) is 3. The molecule has 0 radical (unpaired) electrons. The fraction of sp³-hybridized carbons (Fsp3) is 0.846. The van der Waals surface area contributed by atoms with Crippen LogP contribution in [0, 0.1) is 11.8 Å². The molecule has 0 aromatic carbocycles. The van der Waals surface area contributed by atoms with Crippen molar-refractivity contribution in [1.29, 1.82) is 0 Å². The highest BCUT2D eigenvalue weighted by Gasteiger charge is 2.20. The lowest BCUT2D eigenvalue weighted by molar-refractivity contribution is 0.276. The monoisotopic (exact) mass is 252 g/mol. The van der Waals surface area contributed by atoms with Gasteiger partial charge in [-0.25, -0.2) is 0 Å². The summed E-state index contributed by atoms with van der Waals surface area (Å²) < 4.78 is 1.80. The third-order valence-corrected chi connectivity index (χ3v) is 3.67. The van der Waals surface area contributed by atoms with Crippen LogP contribution < -0.4 is 5.32 Å². The van der Waals surface area contributed by atoms with E-state index in [4.69, 9.17) is 5.11 Å². The summed E-state index contributed by atoms with van der Waals surface area (Å²) in [6, 6.07) is 0.